The molecule has 1 N–H and O–H groups in total. The van der Waals surface area contributed by atoms with E-state index in [9.17, 15) is 0 Å². The van der Waals surface area contributed by atoms with Crippen LogP contribution in [0.3, 0.4) is 0 Å². The summed E-state index contributed by atoms with van der Waals surface area (Å²) < 4.78 is 0. The zero-order chi connectivity index (χ0) is 14.2. The van der Waals surface area contributed by atoms with Gasteiger partial charge in [0.15, 0.2) is 0 Å². The third kappa shape index (κ3) is 5.97. The van der Waals surface area contributed by atoms with E-state index < -0.39 is 0 Å². The molecular weight excluding hydrogens is 262 g/mol. The lowest BCUT2D eigenvalue weighted by atomic mass is 9.71. The van der Waals surface area contributed by atoms with Crippen molar-refractivity contribution in [2.75, 3.05) is 18.1 Å². The first-order valence-electron chi connectivity index (χ1n) is 9.14. The average Bonchev–Trinajstić information content (AvgIpc) is 3.27. The van der Waals surface area contributed by atoms with Gasteiger partial charge in [0.25, 0.3) is 0 Å². The van der Waals surface area contributed by atoms with E-state index in [1.807, 2.05) is 0 Å². The van der Waals surface area contributed by atoms with Gasteiger partial charge in [-0.2, -0.15) is 11.8 Å². The number of hydrogen-bond acceptors (Lipinski definition) is 2. The summed E-state index contributed by atoms with van der Waals surface area (Å²) in [7, 11) is 0. The summed E-state index contributed by atoms with van der Waals surface area (Å²) in [5, 5.41) is 3.80. The normalized spacial score (nSPS) is 30.6. The lowest BCUT2D eigenvalue weighted by Gasteiger charge is -2.36. The van der Waals surface area contributed by atoms with Gasteiger partial charge in [-0.15, -0.1) is 0 Å². The molecule has 20 heavy (non-hydrogen) atoms. The highest BCUT2D eigenvalue weighted by atomic mass is 32.2. The van der Waals surface area contributed by atoms with Crippen LogP contribution < -0.4 is 5.32 Å². The fraction of sp³-hybridized carbons (Fsp3) is 1.00. The Kier molecular flexibility index (Phi) is 7.80. The van der Waals surface area contributed by atoms with Gasteiger partial charge in [0.05, 0.1) is 0 Å². The molecule has 0 heterocycles. The second-order valence-corrected chi connectivity index (χ2v) is 8.40. The molecule has 0 aromatic carbocycles. The summed E-state index contributed by atoms with van der Waals surface area (Å²) in [5.41, 5.74) is 0. The molecule has 0 aliphatic heterocycles. The molecule has 0 saturated heterocycles. The molecule has 0 bridgehead atoms. The maximum absolute atomic E-state index is 3.80. The van der Waals surface area contributed by atoms with Gasteiger partial charge in [0.1, 0.15) is 0 Å². The lowest BCUT2D eigenvalue weighted by molar-refractivity contribution is 0.158. The molecule has 2 saturated carbocycles. The van der Waals surface area contributed by atoms with Gasteiger partial charge in [0, 0.05) is 6.04 Å². The minimum atomic E-state index is 0.889. The zero-order valence-corrected chi connectivity index (χ0v) is 14.5. The number of thioether (sulfide) groups is 1. The SMILES string of the molecule is CCCC1CCC(CNC2CC2)C(CCCSCC)C1. The van der Waals surface area contributed by atoms with Crippen LogP contribution in [0.25, 0.3) is 0 Å². The third-order valence-electron chi connectivity index (χ3n) is 5.26. The van der Waals surface area contributed by atoms with Crippen molar-refractivity contribution < 1.29 is 0 Å². The van der Waals surface area contributed by atoms with Crippen LogP contribution in [0, 0.1) is 17.8 Å². The molecule has 0 aromatic rings. The Bertz CT molecular complexity index is 252. The predicted molar refractivity (Wildman–Crippen MR) is 92.5 cm³/mol. The van der Waals surface area contributed by atoms with Crippen LogP contribution in [-0.2, 0) is 0 Å². The Hall–Kier alpha value is 0.310. The van der Waals surface area contributed by atoms with Crippen molar-refractivity contribution in [3.8, 4) is 0 Å². The van der Waals surface area contributed by atoms with Crippen molar-refractivity contribution in [2.24, 2.45) is 17.8 Å². The summed E-state index contributed by atoms with van der Waals surface area (Å²) in [6.07, 6.45) is 13.2. The van der Waals surface area contributed by atoms with E-state index in [2.05, 4.69) is 30.9 Å². The Labute approximate surface area is 131 Å². The molecule has 3 atom stereocenters. The molecule has 2 fully saturated rings. The van der Waals surface area contributed by atoms with Crippen LogP contribution in [0.4, 0.5) is 0 Å². The number of nitrogens with one attached hydrogen (secondary N) is 1. The van der Waals surface area contributed by atoms with E-state index in [0.717, 1.165) is 23.8 Å². The Morgan fingerprint density at radius 1 is 1.00 bits per heavy atom. The van der Waals surface area contributed by atoms with E-state index >= 15 is 0 Å². The van der Waals surface area contributed by atoms with Crippen molar-refractivity contribution in [1.82, 2.24) is 5.32 Å². The third-order valence-corrected chi connectivity index (χ3v) is 6.24. The molecule has 0 spiro atoms. The first kappa shape index (κ1) is 16.7. The molecule has 2 aliphatic rings. The highest BCUT2D eigenvalue weighted by Crippen LogP contribution is 2.38. The second kappa shape index (κ2) is 9.35. The van der Waals surface area contributed by atoms with Crippen LogP contribution in [0.5, 0.6) is 0 Å². The van der Waals surface area contributed by atoms with E-state index in [4.69, 9.17) is 0 Å². The van der Waals surface area contributed by atoms with E-state index in [-0.39, 0.29) is 0 Å². The number of hydrogen-bond donors (Lipinski definition) is 1. The van der Waals surface area contributed by atoms with Gasteiger partial charge in [-0.05, 0) is 74.3 Å². The van der Waals surface area contributed by atoms with Crippen LogP contribution in [0.2, 0.25) is 0 Å². The zero-order valence-electron chi connectivity index (χ0n) is 13.7. The van der Waals surface area contributed by atoms with Crippen molar-refractivity contribution in [3.63, 3.8) is 0 Å². The molecule has 2 aliphatic carbocycles. The molecule has 2 heteroatoms. The van der Waals surface area contributed by atoms with E-state index in [1.54, 1.807) is 0 Å². The van der Waals surface area contributed by atoms with Crippen molar-refractivity contribution in [2.45, 2.75) is 77.7 Å². The van der Waals surface area contributed by atoms with Crippen molar-refractivity contribution in [1.29, 1.82) is 0 Å². The smallest absolute Gasteiger partial charge is 0.00683 e. The largest absolute Gasteiger partial charge is 0.314 e. The van der Waals surface area contributed by atoms with Crippen molar-refractivity contribution in [3.05, 3.63) is 0 Å². The van der Waals surface area contributed by atoms with Gasteiger partial charge in [-0.1, -0.05) is 33.1 Å². The monoisotopic (exact) mass is 297 g/mol. The molecule has 2 rings (SSSR count). The second-order valence-electron chi connectivity index (χ2n) is 7.01. The Morgan fingerprint density at radius 2 is 1.85 bits per heavy atom. The maximum Gasteiger partial charge on any atom is 0.00683 e. The summed E-state index contributed by atoms with van der Waals surface area (Å²) in [6.45, 7) is 5.95. The van der Waals surface area contributed by atoms with Crippen LogP contribution >= 0.6 is 11.8 Å². The summed E-state index contributed by atoms with van der Waals surface area (Å²) >= 11 is 2.12. The van der Waals surface area contributed by atoms with E-state index in [1.165, 1.54) is 75.8 Å². The molecule has 0 radical (unpaired) electrons. The van der Waals surface area contributed by atoms with E-state index in [0.29, 0.717) is 0 Å². The molecule has 1 nitrogen and oxygen atoms in total. The summed E-state index contributed by atoms with van der Waals surface area (Å²) in [5.74, 6) is 5.71. The number of rotatable bonds is 10. The van der Waals surface area contributed by atoms with Gasteiger partial charge in [-0.25, -0.2) is 0 Å². The summed E-state index contributed by atoms with van der Waals surface area (Å²) in [4.78, 5) is 0. The molecule has 0 aromatic heterocycles. The fourth-order valence-corrected chi connectivity index (χ4v) is 4.57. The quantitative estimate of drug-likeness (QED) is 0.563. The van der Waals surface area contributed by atoms with Gasteiger partial charge in [-0.3, -0.25) is 0 Å². The first-order valence-corrected chi connectivity index (χ1v) is 10.3. The van der Waals surface area contributed by atoms with Crippen LogP contribution in [0.15, 0.2) is 0 Å². The van der Waals surface area contributed by atoms with Crippen LogP contribution in [-0.4, -0.2) is 24.1 Å². The summed E-state index contributed by atoms with van der Waals surface area (Å²) in [6, 6.07) is 0.889. The molecule has 3 unspecified atom stereocenters. The first-order chi connectivity index (χ1) is 9.83. The Morgan fingerprint density at radius 3 is 2.55 bits per heavy atom. The van der Waals surface area contributed by atoms with Gasteiger partial charge in [0.2, 0.25) is 0 Å². The van der Waals surface area contributed by atoms with Gasteiger partial charge >= 0.3 is 0 Å². The average molecular weight is 298 g/mol. The lowest BCUT2D eigenvalue weighted by Crippen LogP contribution is -2.34. The minimum absolute atomic E-state index is 0.889. The van der Waals surface area contributed by atoms with Gasteiger partial charge < -0.3 is 5.32 Å². The molecule has 118 valence electrons. The minimum Gasteiger partial charge on any atom is -0.314 e. The predicted octanol–water partition coefficient (Wildman–Crippen LogP) is 5.10. The Balaban J connectivity index is 1.73. The standard InChI is InChI=1S/C18H35NS/c1-3-6-15-8-9-17(14-19-18-10-11-18)16(13-15)7-5-12-20-4-2/h15-19H,3-14H2,1-2H3. The maximum atomic E-state index is 3.80. The molecule has 0 amide bonds. The highest BCUT2D eigenvalue weighted by Gasteiger charge is 2.31. The van der Waals surface area contributed by atoms with Crippen LogP contribution in [0.1, 0.15) is 71.6 Å². The highest BCUT2D eigenvalue weighted by molar-refractivity contribution is 7.99. The fourth-order valence-electron chi connectivity index (χ4n) is 3.91. The topological polar surface area (TPSA) is 12.0 Å². The molecular formula is C18H35NS. The van der Waals surface area contributed by atoms with Crippen molar-refractivity contribution >= 4 is 11.8 Å².